The average Bonchev–Trinajstić information content (AvgIpc) is 2.60. The first-order valence-corrected chi connectivity index (χ1v) is 8.05. The summed E-state index contributed by atoms with van der Waals surface area (Å²) < 4.78 is 5.50. The van der Waals surface area contributed by atoms with Crippen molar-refractivity contribution in [2.45, 2.75) is 26.2 Å². The Bertz CT molecular complexity index is 639. The van der Waals surface area contributed by atoms with Gasteiger partial charge in [0.15, 0.2) is 5.75 Å². The van der Waals surface area contributed by atoms with Gasteiger partial charge in [-0.1, -0.05) is 43.7 Å². The van der Waals surface area contributed by atoms with Gasteiger partial charge in [0.05, 0.1) is 0 Å². The molecule has 0 unspecified atom stereocenters. The third kappa shape index (κ3) is 5.28. The molecule has 0 radical (unpaired) electrons. The fourth-order valence-electron chi connectivity index (χ4n) is 2.23. The lowest BCUT2D eigenvalue weighted by molar-refractivity contribution is -0.211. The summed E-state index contributed by atoms with van der Waals surface area (Å²) in [5, 5.41) is 9.31. The monoisotopic (exact) mass is 330 g/mol. The van der Waals surface area contributed by atoms with E-state index in [-0.39, 0.29) is 17.9 Å². The van der Waals surface area contributed by atoms with Gasteiger partial charge in [0, 0.05) is 0 Å². The maximum atomic E-state index is 11.4. The van der Waals surface area contributed by atoms with E-state index in [2.05, 4.69) is 6.92 Å². The lowest BCUT2D eigenvalue weighted by Gasteiger charge is -2.13. The first-order chi connectivity index (χ1) is 11.7. The summed E-state index contributed by atoms with van der Waals surface area (Å²) in [6, 6.07) is 14.5. The zero-order chi connectivity index (χ0) is 17.2. The molecule has 0 aliphatic heterocycles. The molecule has 2 aromatic rings. The quantitative estimate of drug-likeness (QED) is 0.403. The molecule has 0 bridgehead atoms. The van der Waals surface area contributed by atoms with Crippen LogP contribution in [0.2, 0.25) is 0 Å². The summed E-state index contributed by atoms with van der Waals surface area (Å²) in [7, 11) is 0. The molecule has 0 spiro atoms. The number of carboxylic acid groups (broad SMARTS) is 1. The van der Waals surface area contributed by atoms with Gasteiger partial charge in [-0.2, -0.15) is 4.89 Å². The van der Waals surface area contributed by atoms with Crippen LogP contribution in [0.15, 0.2) is 48.5 Å². The van der Waals surface area contributed by atoms with Crippen LogP contribution in [0.3, 0.4) is 0 Å². The van der Waals surface area contributed by atoms with Gasteiger partial charge in [0.2, 0.25) is 0 Å². The molecule has 24 heavy (non-hydrogen) atoms. The number of hydrogen-bond donors (Lipinski definition) is 1. The van der Waals surface area contributed by atoms with Crippen LogP contribution in [0.25, 0.3) is 0 Å². The smallest absolute Gasteiger partial charge is 0.339 e. The molecule has 0 saturated carbocycles. The summed E-state index contributed by atoms with van der Waals surface area (Å²) in [5.41, 5.74) is 0.938. The van der Waals surface area contributed by atoms with Gasteiger partial charge in [-0.25, -0.2) is 4.79 Å². The summed E-state index contributed by atoms with van der Waals surface area (Å²) in [6.45, 7) is 2.58. The van der Waals surface area contributed by atoms with Gasteiger partial charge in [-0.05, 0) is 36.6 Å². The molecule has 0 atom stereocenters. The van der Waals surface area contributed by atoms with E-state index in [9.17, 15) is 9.90 Å². The predicted molar refractivity (Wildman–Crippen MR) is 90.5 cm³/mol. The van der Waals surface area contributed by atoms with Crippen LogP contribution < -0.4 is 9.62 Å². The van der Waals surface area contributed by atoms with Crippen molar-refractivity contribution in [3.63, 3.8) is 0 Å². The number of rotatable bonds is 10. The normalized spacial score (nSPS) is 10.4. The van der Waals surface area contributed by atoms with Crippen molar-refractivity contribution in [3.05, 3.63) is 59.7 Å². The number of benzene rings is 2. The molecular weight excluding hydrogens is 308 g/mol. The number of unbranched alkanes of at least 4 members (excludes halogenated alkanes) is 1. The minimum atomic E-state index is -1.03. The average molecular weight is 330 g/mol. The van der Waals surface area contributed by atoms with Crippen LogP contribution in [0.5, 0.6) is 11.5 Å². The van der Waals surface area contributed by atoms with Crippen molar-refractivity contribution in [1.82, 2.24) is 0 Å². The fourth-order valence-corrected chi connectivity index (χ4v) is 2.23. The number of aromatic carboxylic acids is 1. The van der Waals surface area contributed by atoms with E-state index in [1.807, 2.05) is 36.4 Å². The van der Waals surface area contributed by atoms with Gasteiger partial charge >= 0.3 is 5.97 Å². The Morgan fingerprint density at radius 1 is 1.04 bits per heavy atom. The van der Waals surface area contributed by atoms with Crippen LogP contribution >= 0.6 is 0 Å². The lowest BCUT2D eigenvalue weighted by Crippen LogP contribution is -2.12. The van der Waals surface area contributed by atoms with E-state index >= 15 is 0 Å². The standard InChI is InChI=1S/C19H22O5/c1-2-3-8-15-9-7-12-17(19(20)21)18(15)24-23-14-13-22-16-10-5-4-6-11-16/h4-7,9-12H,2-3,8,13-14H2,1H3,(H,20,21). The summed E-state index contributed by atoms with van der Waals surface area (Å²) >= 11 is 0. The molecule has 5 nitrogen and oxygen atoms in total. The van der Waals surface area contributed by atoms with Gasteiger partial charge in [0.25, 0.3) is 0 Å². The molecule has 128 valence electrons. The Morgan fingerprint density at radius 3 is 2.54 bits per heavy atom. The third-order valence-corrected chi connectivity index (χ3v) is 3.45. The molecular formula is C19H22O5. The lowest BCUT2D eigenvalue weighted by atomic mass is 10.0. The van der Waals surface area contributed by atoms with E-state index in [0.717, 1.165) is 30.6 Å². The van der Waals surface area contributed by atoms with Crippen LogP contribution in [0.4, 0.5) is 0 Å². The molecule has 0 heterocycles. The Kier molecular flexibility index (Phi) is 7.11. The first kappa shape index (κ1) is 17.8. The van der Waals surface area contributed by atoms with Crippen molar-refractivity contribution < 1.29 is 24.4 Å². The first-order valence-electron chi connectivity index (χ1n) is 8.05. The topological polar surface area (TPSA) is 65.0 Å². The number of carboxylic acids is 1. The SMILES string of the molecule is CCCCc1cccc(C(=O)O)c1OOCCOc1ccccc1. The second-order valence-electron chi connectivity index (χ2n) is 5.27. The second-order valence-corrected chi connectivity index (χ2v) is 5.27. The zero-order valence-electron chi connectivity index (χ0n) is 13.7. The van der Waals surface area contributed by atoms with Gasteiger partial charge in [0.1, 0.15) is 24.5 Å². The van der Waals surface area contributed by atoms with Gasteiger partial charge in [-0.3, -0.25) is 0 Å². The molecule has 0 aliphatic carbocycles. The minimum Gasteiger partial charge on any atom is -0.491 e. The molecule has 5 heteroatoms. The van der Waals surface area contributed by atoms with Crippen LogP contribution in [0, 0.1) is 0 Å². The Hall–Kier alpha value is -2.53. The molecule has 0 saturated heterocycles. The summed E-state index contributed by atoms with van der Waals surface area (Å²) in [6.07, 6.45) is 2.72. The maximum absolute atomic E-state index is 11.4. The Labute approximate surface area is 141 Å². The largest absolute Gasteiger partial charge is 0.491 e. The predicted octanol–water partition coefficient (Wildman–Crippen LogP) is 4.12. The molecule has 0 amide bonds. The molecule has 1 N–H and O–H groups in total. The highest BCUT2D eigenvalue weighted by Crippen LogP contribution is 2.26. The highest BCUT2D eigenvalue weighted by atomic mass is 17.2. The van der Waals surface area contributed by atoms with Gasteiger partial charge < -0.3 is 14.7 Å². The number of ether oxygens (including phenoxy) is 1. The number of para-hydroxylation sites is 2. The summed E-state index contributed by atoms with van der Waals surface area (Å²) in [4.78, 5) is 21.8. The minimum absolute atomic E-state index is 0.104. The third-order valence-electron chi connectivity index (χ3n) is 3.45. The zero-order valence-corrected chi connectivity index (χ0v) is 13.7. The van der Waals surface area contributed by atoms with Crippen LogP contribution in [0.1, 0.15) is 35.7 Å². The second kappa shape index (κ2) is 9.57. The van der Waals surface area contributed by atoms with Crippen molar-refractivity contribution in [1.29, 1.82) is 0 Å². The molecule has 0 fully saturated rings. The Balaban J connectivity index is 1.91. The summed E-state index contributed by atoms with van der Waals surface area (Å²) in [5.74, 6) is -0.0127. The van der Waals surface area contributed by atoms with E-state index < -0.39 is 5.97 Å². The van der Waals surface area contributed by atoms with E-state index in [0.29, 0.717) is 6.61 Å². The van der Waals surface area contributed by atoms with Crippen molar-refractivity contribution >= 4 is 5.97 Å². The molecule has 0 aromatic heterocycles. The van der Waals surface area contributed by atoms with E-state index in [4.69, 9.17) is 14.5 Å². The molecule has 0 aliphatic rings. The molecule has 2 rings (SSSR count). The van der Waals surface area contributed by atoms with Crippen LogP contribution in [-0.4, -0.2) is 24.3 Å². The van der Waals surface area contributed by atoms with Crippen LogP contribution in [-0.2, 0) is 11.3 Å². The van der Waals surface area contributed by atoms with Crippen molar-refractivity contribution in [3.8, 4) is 11.5 Å². The van der Waals surface area contributed by atoms with Crippen molar-refractivity contribution in [2.75, 3.05) is 13.2 Å². The van der Waals surface area contributed by atoms with Crippen molar-refractivity contribution in [2.24, 2.45) is 0 Å². The fraction of sp³-hybridized carbons (Fsp3) is 0.316. The number of hydrogen-bond acceptors (Lipinski definition) is 4. The molecule has 2 aromatic carbocycles. The maximum Gasteiger partial charge on any atom is 0.339 e. The highest BCUT2D eigenvalue weighted by molar-refractivity contribution is 5.91. The van der Waals surface area contributed by atoms with Gasteiger partial charge in [-0.15, -0.1) is 0 Å². The Morgan fingerprint density at radius 2 is 1.83 bits per heavy atom. The highest BCUT2D eigenvalue weighted by Gasteiger charge is 2.16. The van der Waals surface area contributed by atoms with E-state index in [1.54, 1.807) is 6.07 Å². The number of aryl methyl sites for hydroxylation is 1. The number of carbonyl (C=O) groups is 1. The van der Waals surface area contributed by atoms with E-state index in [1.165, 1.54) is 6.07 Å².